The highest BCUT2D eigenvalue weighted by Crippen LogP contribution is 2.48. The molecule has 0 aliphatic carbocycles. The number of benzene rings is 4. The van der Waals surface area contributed by atoms with E-state index in [4.69, 9.17) is 24.9 Å². The van der Waals surface area contributed by atoms with Crippen molar-refractivity contribution in [1.29, 1.82) is 0 Å². The Morgan fingerprint density at radius 2 is 0.867 bits per heavy atom. The van der Waals surface area contributed by atoms with E-state index in [-0.39, 0.29) is 66.6 Å². The molecule has 98 heavy (non-hydrogen) atoms. The number of carbonyl (C=O) groups is 4. The maximum atomic E-state index is 13.3. The fourth-order valence-corrected chi connectivity index (χ4v) is 17.3. The molecule has 542 valence electrons. The van der Waals surface area contributed by atoms with Gasteiger partial charge in [-0.05, 0) is 173 Å². The molecule has 0 fully saturated rings. The molecule has 3 N–H and O–H groups in total. The van der Waals surface area contributed by atoms with Gasteiger partial charge in [-0.3, -0.25) is 22.5 Å². The number of carboxylic acids is 1. The number of aryl methyl sites for hydroxylation is 1. The van der Waals surface area contributed by atoms with Crippen molar-refractivity contribution in [3.8, 4) is 5.75 Å². The monoisotopic (exact) mass is 1710 g/mol. The Morgan fingerprint density at radius 1 is 0.531 bits per heavy atom. The molecule has 4 aromatic carbocycles. The van der Waals surface area contributed by atoms with E-state index in [0.717, 1.165) is 33.4 Å². The first-order valence-electron chi connectivity index (χ1n) is 30.9. The summed E-state index contributed by atoms with van der Waals surface area (Å²) in [7, 11) is -4.88. The van der Waals surface area contributed by atoms with Gasteiger partial charge in [-0.15, -0.1) is 0 Å². The lowest BCUT2D eigenvalue weighted by Crippen LogP contribution is -2.42. The first-order valence-corrected chi connectivity index (χ1v) is 40.7. The molecule has 0 amide bonds. The number of H-pyrrole nitrogens is 1. The normalized spacial score (nSPS) is 17.3. The number of pyridine rings is 1. The van der Waals surface area contributed by atoms with Gasteiger partial charge in [0.15, 0.2) is 5.78 Å². The molecule has 9 rings (SSSR count). The summed E-state index contributed by atoms with van der Waals surface area (Å²) in [5, 5.41) is 12.6. The van der Waals surface area contributed by atoms with E-state index in [2.05, 4.69) is 80.9 Å². The van der Waals surface area contributed by atoms with Crippen LogP contribution in [0.5, 0.6) is 5.75 Å². The van der Waals surface area contributed by atoms with Gasteiger partial charge in [0.2, 0.25) is 39.1 Å². The van der Waals surface area contributed by atoms with Gasteiger partial charge in [0.05, 0.1) is 79.6 Å². The zero-order valence-corrected chi connectivity index (χ0v) is 69.0. The zero-order valence-electron chi connectivity index (χ0n) is 58.6. The van der Waals surface area contributed by atoms with Gasteiger partial charge >= 0.3 is 17.9 Å². The number of methoxy groups -OCH3 is 3. The number of halogens is 5. The molecule has 31 heteroatoms. The van der Waals surface area contributed by atoms with Crippen LogP contribution in [0.25, 0.3) is 0 Å². The molecule has 4 atom stereocenters. The number of hydrogen-bond acceptors (Lipinski definition) is 17. The molecule has 0 radical (unpaired) electrons. The summed E-state index contributed by atoms with van der Waals surface area (Å²) in [4.78, 5) is 63.4. The quantitative estimate of drug-likeness (QED) is 0.0628. The maximum Gasteiger partial charge on any atom is 0.338 e. The smallest absolute Gasteiger partial charge is 0.338 e. The number of carbonyl (C=O) groups excluding carboxylic acids is 3. The van der Waals surface area contributed by atoms with Gasteiger partial charge in [0.25, 0.3) is 5.56 Å². The van der Waals surface area contributed by atoms with Crippen molar-refractivity contribution in [2.45, 2.75) is 173 Å². The topological polar surface area (TPSA) is 307 Å². The van der Waals surface area contributed by atoms with Crippen LogP contribution in [0.1, 0.15) is 216 Å². The molecule has 5 heterocycles. The lowest BCUT2D eigenvalue weighted by molar-refractivity contribution is 0.0590. The lowest BCUT2D eigenvalue weighted by Gasteiger charge is -2.29. The Kier molecular flexibility index (Phi) is 26.7. The second-order valence-corrected chi connectivity index (χ2v) is 42.9. The summed E-state index contributed by atoms with van der Waals surface area (Å²) in [5.74, 6) is -1.49. The minimum Gasteiger partial charge on any atom is -0.496 e. The summed E-state index contributed by atoms with van der Waals surface area (Å²) < 4.78 is 116. The maximum absolute atomic E-state index is 13.3. The number of nitrogens with one attached hydrogen (secondary N) is 2. The molecule has 0 bridgehead atoms. The van der Waals surface area contributed by atoms with E-state index in [1.807, 2.05) is 32.9 Å². The largest absolute Gasteiger partial charge is 0.496 e. The molecule has 0 spiro atoms. The summed E-state index contributed by atoms with van der Waals surface area (Å²) in [6, 6.07) is 15.6. The number of rotatable bonds is 11. The number of aromatic nitrogens is 1. The minimum absolute atomic E-state index is 0.0747. The second kappa shape index (κ2) is 31.3. The molecule has 1 aromatic heterocycles. The van der Waals surface area contributed by atoms with E-state index in [1.165, 1.54) is 40.3 Å². The van der Waals surface area contributed by atoms with Crippen molar-refractivity contribution >= 4 is 160 Å². The van der Waals surface area contributed by atoms with Crippen LogP contribution in [0, 0.1) is 6.92 Å². The third-order valence-electron chi connectivity index (χ3n) is 16.5. The molecule has 4 aliphatic heterocycles. The van der Waals surface area contributed by atoms with E-state index in [1.54, 1.807) is 126 Å². The number of carboxylic acid groups (broad SMARTS) is 1. The molecule has 0 saturated carbocycles. The standard InChI is InChI=1S/C23H29BrN2O5S.C15H20BrNO4S.C14H18BrNO4S.C11H12BrNO2.C4H9ClO2S/c1-13-12-26(32(29,30)23(3,4)5)18-11-15(24)10-17(21(13)18)19(27)8-7-16-20(31-6)9-14(2)25-22(16)28;1-9-8-17(22(19,20)15(2,3)4)12-7-10(16)6-11(13(9)12)14(18)21-5;1-8-7-16(21(19,20)14(2,3)4)11-6-9(15)5-10(12(8)11)13(17)18;1-6-5-13-9-4-7(12)3-8(10(6)9)11(14)15-2;1-4(2,3)8(5,6)7/h9-11,13H,7-8,12H2,1-6H3,(H,25,28);6-7,9H,8H2,1-5H3;5-6,8H,7H2,1-4H3,(H,17,18);3-4,6,13H,5H2,1-2H3;1-3H3. The van der Waals surface area contributed by atoms with Crippen LogP contribution < -0.4 is 28.5 Å². The highest BCUT2D eigenvalue weighted by Gasteiger charge is 2.46. The van der Waals surface area contributed by atoms with Crippen molar-refractivity contribution < 1.29 is 72.2 Å². The Morgan fingerprint density at radius 3 is 1.21 bits per heavy atom. The predicted molar refractivity (Wildman–Crippen MR) is 402 cm³/mol. The number of aromatic carboxylic acids is 1. The van der Waals surface area contributed by atoms with Crippen molar-refractivity contribution in [3.05, 3.63) is 139 Å². The number of hydrogen-bond donors (Lipinski definition) is 3. The molecule has 5 aromatic rings. The average Bonchev–Trinajstić information content (AvgIpc) is 1.59. The Hall–Kier alpha value is -5.08. The van der Waals surface area contributed by atoms with Crippen molar-refractivity contribution in [2.24, 2.45) is 0 Å². The van der Waals surface area contributed by atoms with E-state index in [0.29, 0.717) is 82.2 Å². The van der Waals surface area contributed by atoms with Crippen LogP contribution in [0.2, 0.25) is 0 Å². The van der Waals surface area contributed by atoms with Crippen molar-refractivity contribution in [3.63, 3.8) is 0 Å². The number of Topliss-reactive ketones (excluding diaryl/α,β-unsaturated/α-hetero) is 1. The van der Waals surface area contributed by atoms with Crippen molar-refractivity contribution in [1.82, 2.24) is 4.98 Å². The summed E-state index contributed by atoms with van der Waals surface area (Å²) in [6.07, 6.45) is 0.321. The van der Waals surface area contributed by atoms with Gasteiger partial charge in [0, 0.05) is 102 Å². The molecule has 22 nitrogen and oxygen atoms in total. The zero-order chi connectivity index (χ0) is 75.0. The third-order valence-corrected chi connectivity index (χ3v) is 28.6. The van der Waals surface area contributed by atoms with E-state index >= 15 is 0 Å². The van der Waals surface area contributed by atoms with Gasteiger partial charge < -0.3 is 29.6 Å². The van der Waals surface area contributed by atoms with Gasteiger partial charge in [-0.25, -0.2) is 48.1 Å². The van der Waals surface area contributed by atoms with Crippen LogP contribution >= 0.6 is 74.4 Å². The Balaban J connectivity index is 0.000000234. The van der Waals surface area contributed by atoms with Gasteiger partial charge in [0.1, 0.15) is 5.75 Å². The minimum atomic E-state index is -3.62. The number of nitrogens with zero attached hydrogens (tertiary/aromatic N) is 3. The number of ketones is 1. The fourth-order valence-electron chi connectivity index (χ4n) is 11.1. The first kappa shape index (κ1) is 83.6. The van der Waals surface area contributed by atoms with Crippen molar-refractivity contribution in [2.75, 3.05) is 65.7 Å². The van der Waals surface area contributed by atoms with Crippen LogP contribution in [0.15, 0.2) is 77.3 Å². The van der Waals surface area contributed by atoms with E-state index in [9.17, 15) is 62.8 Å². The molecular formula is C67H88Br4ClN5O17S4. The average molecular weight is 1720 g/mol. The highest BCUT2D eigenvalue weighted by molar-refractivity contribution is 9.11. The molecule has 0 saturated heterocycles. The number of anilines is 4. The van der Waals surface area contributed by atoms with Crippen LogP contribution in [0.4, 0.5) is 22.7 Å². The molecular weight excluding hydrogens is 1630 g/mol. The lowest BCUT2D eigenvalue weighted by atomic mass is 9.92. The van der Waals surface area contributed by atoms with Gasteiger partial charge in [-0.1, -0.05) is 91.4 Å². The SMILES string of the molecule is CC(C)(C)S(=O)(=O)Cl.CC1CN(S(=O)(=O)C(C)(C)C)c2cc(Br)cc(C(=O)O)c21.COC(=O)c1cc(Br)cc2c1C(C)CN2.COC(=O)c1cc(Br)cc2c1C(C)CN2S(=O)(=O)C(C)(C)C.COc1cc(C)[nH]c(=O)c1CCC(=O)c1cc(Br)cc2c1C(C)CN2S(=O)(=O)C(C)(C)C. The van der Waals surface area contributed by atoms with Crippen LogP contribution in [-0.2, 0) is 55.0 Å². The van der Waals surface area contributed by atoms with E-state index < -0.39 is 70.0 Å². The summed E-state index contributed by atoms with van der Waals surface area (Å²) in [6.45, 7) is 30.9. The third kappa shape index (κ3) is 18.2. The summed E-state index contributed by atoms with van der Waals surface area (Å²) >= 11 is 13.4. The van der Waals surface area contributed by atoms with Gasteiger partial charge in [-0.2, -0.15) is 0 Å². The van der Waals surface area contributed by atoms with Crippen LogP contribution in [0.3, 0.4) is 0 Å². The number of fused-ring (bicyclic) bond motifs is 4. The highest BCUT2D eigenvalue weighted by atomic mass is 79.9. The number of sulfonamides is 3. The second-order valence-electron chi connectivity index (χ2n) is 28.1. The molecule has 4 aliphatic rings. The number of esters is 2. The number of ether oxygens (including phenoxy) is 3. The molecule has 4 unspecified atom stereocenters. The Bertz CT molecular complexity index is 4470. The fraction of sp³-hybridized carbons (Fsp3) is 0.507. The van der Waals surface area contributed by atoms with Crippen LogP contribution in [-0.4, -0.2) is 134 Å². The predicted octanol–water partition coefficient (Wildman–Crippen LogP) is 14.9. The number of aromatic amines is 1. The first-order chi connectivity index (χ1) is 44.6. The summed E-state index contributed by atoms with van der Waals surface area (Å²) in [5.41, 5.74) is 8.20. The Labute approximate surface area is 615 Å².